The summed E-state index contributed by atoms with van der Waals surface area (Å²) in [4.78, 5) is 12.7. The van der Waals surface area contributed by atoms with Gasteiger partial charge in [0.05, 0.1) is 5.58 Å². The van der Waals surface area contributed by atoms with Crippen molar-refractivity contribution in [2.24, 2.45) is 5.41 Å². The van der Waals surface area contributed by atoms with Gasteiger partial charge in [-0.05, 0) is 95.5 Å². The topological polar surface area (TPSA) is 51.8 Å². The van der Waals surface area contributed by atoms with Crippen LogP contribution in [0.2, 0.25) is 0 Å². The molecule has 0 bridgehead atoms. The molecule has 0 N–H and O–H groups in total. The minimum Gasteiger partial charge on any atom is -0.486 e. The fourth-order valence-electron chi connectivity index (χ4n) is 5.43. The number of aryl methyl sites for hydroxylation is 3. The van der Waals surface area contributed by atoms with Crippen molar-refractivity contribution >= 4 is 22.1 Å². The van der Waals surface area contributed by atoms with Crippen molar-refractivity contribution in [1.29, 1.82) is 0 Å². The van der Waals surface area contributed by atoms with Crippen LogP contribution in [0, 0.1) is 38.1 Å². The molecule has 0 fully saturated rings. The van der Waals surface area contributed by atoms with Crippen LogP contribution >= 0.6 is 0 Å². The van der Waals surface area contributed by atoms with Gasteiger partial charge in [-0.15, -0.1) is 54.1 Å². The predicted molar refractivity (Wildman–Crippen MR) is 203 cm³/mol. The van der Waals surface area contributed by atoms with Crippen LogP contribution in [-0.2, 0) is 38.3 Å². The number of hydrogen-bond acceptors (Lipinski definition) is 4. The number of pyridine rings is 3. The molecule has 0 unspecified atom stereocenters. The van der Waals surface area contributed by atoms with Crippen LogP contribution < -0.4 is 0 Å². The largest absolute Gasteiger partial charge is 0.486 e. The van der Waals surface area contributed by atoms with Crippen molar-refractivity contribution in [2.75, 3.05) is 0 Å². The van der Waals surface area contributed by atoms with Crippen LogP contribution in [0.3, 0.4) is 0 Å². The molecule has 4 heterocycles. The monoisotopic (exact) mass is 849 g/mol. The Hall–Kier alpha value is -4.44. The normalized spacial score (nSPS) is 16.8. The zero-order valence-electron chi connectivity index (χ0n) is 41.4. The van der Waals surface area contributed by atoms with Gasteiger partial charge in [0.1, 0.15) is 0 Å². The fraction of sp³-hybridized carbons (Fsp3) is 0.267. The maximum atomic E-state index is 9.41. The molecule has 4 aromatic heterocycles. The molecule has 7 rings (SSSR count). The quantitative estimate of drug-likeness (QED) is 0.156. The van der Waals surface area contributed by atoms with E-state index in [0.717, 1.165) is 17.5 Å². The molecular weight excluding hydrogens is 791 g/mol. The summed E-state index contributed by atoms with van der Waals surface area (Å²) < 4.78 is 112. The van der Waals surface area contributed by atoms with Gasteiger partial charge >= 0.3 is 0 Å². The van der Waals surface area contributed by atoms with E-state index >= 15 is 0 Å². The number of aromatic nitrogens is 3. The van der Waals surface area contributed by atoms with E-state index in [1.807, 2.05) is 39.0 Å². The van der Waals surface area contributed by atoms with Gasteiger partial charge in [-0.1, -0.05) is 88.0 Å². The Morgan fingerprint density at radius 2 is 1.58 bits per heavy atom. The third-order valence-corrected chi connectivity index (χ3v) is 7.78. The van der Waals surface area contributed by atoms with Crippen molar-refractivity contribution in [3.05, 3.63) is 149 Å². The fourth-order valence-corrected chi connectivity index (χ4v) is 5.43. The summed E-state index contributed by atoms with van der Waals surface area (Å²) in [5.41, 5.74) is 1.45. The number of furan rings is 1. The zero-order valence-corrected chi connectivity index (χ0v) is 30.8. The van der Waals surface area contributed by atoms with Crippen LogP contribution in [0.1, 0.15) is 85.9 Å². The molecule has 257 valence electrons. The van der Waals surface area contributed by atoms with Crippen LogP contribution in [0.15, 0.2) is 108 Å². The molecule has 3 aromatic carbocycles. The number of benzene rings is 3. The minimum atomic E-state index is -2.68. The van der Waals surface area contributed by atoms with Gasteiger partial charge in [0.25, 0.3) is 0 Å². The van der Waals surface area contributed by atoms with Gasteiger partial charge in [0, 0.05) is 61.4 Å². The predicted octanol–water partition coefficient (Wildman–Crippen LogP) is 11.4. The van der Waals surface area contributed by atoms with Crippen molar-refractivity contribution < 1.29 is 42.3 Å². The van der Waals surface area contributed by atoms with Crippen molar-refractivity contribution in [2.45, 2.75) is 73.3 Å². The summed E-state index contributed by atoms with van der Waals surface area (Å²) in [6.07, 6.45) is -1.34. The van der Waals surface area contributed by atoms with Crippen molar-refractivity contribution in [1.82, 2.24) is 15.0 Å². The molecule has 0 aliphatic rings. The Bertz CT molecular complexity index is 2700. The average molecular weight is 849 g/mol. The smallest absolute Gasteiger partial charge is 0.216 e. The van der Waals surface area contributed by atoms with Gasteiger partial charge < -0.3 is 14.4 Å². The molecule has 0 aliphatic carbocycles. The van der Waals surface area contributed by atoms with E-state index in [2.05, 4.69) is 27.1 Å². The molecule has 0 saturated heterocycles. The third-order valence-electron chi connectivity index (χ3n) is 7.78. The number of rotatable bonds is 6. The van der Waals surface area contributed by atoms with Gasteiger partial charge in [-0.2, -0.15) is 0 Å². The molecule has 0 spiro atoms. The Balaban J connectivity index is 0.000000369. The number of fused-ring (bicyclic) bond motifs is 3. The second-order valence-electron chi connectivity index (χ2n) is 13.3. The van der Waals surface area contributed by atoms with E-state index in [1.165, 1.54) is 18.3 Å². The van der Waals surface area contributed by atoms with Gasteiger partial charge in [0.15, 0.2) is 0 Å². The summed E-state index contributed by atoms with van der Waals surface area (Å²) in [5, 5.41) is 1.20. The van der Waals surface area contributed by atoms with Crippen LogP contribution in [0.25, 0.3) is 44.6 Å². The first kappa shape index (κ1) is 23.1. The maximum Gasteiger partial charge on any atom is 0.216 e. The first-order valence-corrected chi connectivity index (χ1v) is 15.9. The standard InChI is InChI=1S/C33H35N2O.C12H10N.Ir/c1-21-20-34-29(28-10-8-9-26-27-16-11-22(2)35-31(27)36-30(26)28)17-24(21)19-33(6,7)25-14-12-23(13-15-25)18-32(3,4)5;1-10-7-8-12(13-9-10)11-5-3-2-4-6-11;/h8-9,11-17,20H,18-19H2,1-7H3;2-5,7-9H,1H3;/q2*-1;/i1D3,2D3,18D2,19D2;1D3;. The van der Waals surface area contributed by atoms with Crippen LogP contribution in [-0.4, -0.2) is 15.0 Å². The minimum absolute atomic E-state index is 0. The van der Waals surface area contributed by atoms with E-state index in [0.29, 0.717) is 33.0 Å². The molecule has 5 heteroatoms. The van der Waals surface area contributed by atoms with E-state index in [1.54, 1.807) is 74.5 Å². The maximum absolute atomic E-state index is 9.41. The van der Waals surface area contributed by atoms with E-state index < -0.39 is 44.1 Å². The summed E-state index contributed by atoms with van der Waals surface area (Å²) in [6.45, 7) is 1.61. The summed E-state index contributed by atoms with van der Waals surface area (Å²) >= 11 is 0. The van der Waals surface area contributed by atoms with Crippen LogP contribution in [0.5, 0.6) is 0 Å². The molecule has 0 saturated carbocycles. The Kier molecular flexibility index (Phi) is 7.03. The zero-order chi connectivity index (χ0) is 45.8. The molecule has 0 amide bonds. The van der Waals surface area contributed by atoms with E-state index in [9.17, 15) is 2.74 Å². The Morgan fingerprint density at radius 1 is 0.760 bits per heavy atom. The van der Waals surface area contributed by atoms with Gasteiger partial charge in [-0.3, -0.25) is 0 Å². The average Bonchev–Trinajstić information content (AvgIpc) is 3.58. The number of hydrogen-bond donors (Lipinski definition) is 0. The number of nitrogens with zero attached hydrogens (tertiary/aromatic N) is 3. The molecule has 7 aromatic rings. The second kappa shape index (κ2) is 15.2. The summed E-state index contributed by atoms with van der Waals surface area (Å²) in [5.74, 6) is 0. The second-order valence-corrected chi connectivity index (χ2v) is 13.3. The van der Waals surface area contributed by atoms with Gasteiger partial charge in [-0.25, -0.2) is 4.98 Å². The Labute approximate surface area is 329 Å². The van der Waals surface area contributed by atoms with E-state index in [4.69, 9.17) is 19.5 Å². The first-order valence-electron chi connectivity index (χ1n) is 22.4. The van der Waals surface area contributed by atoms with Crippen molar-refractivity contribution in [3.63, 3.8) is 0 Å². The first-order chi connectivity index (χ1) is 28.5. The third kappa shape index (κ3) is 8.64. The molecule has 1 radical (unpaired) electrons. The SMILES string of the molecule is [2H]C([2H])([2H])c1ccc(-c2[c-]cccc2)nc1.[2H]C([2H])([2H])c1ccc2c(n1)oc1c(-c3cc(C([2H])([2H])C(C)(C)c4ccc(C([2H])([2H])C(C)(C)C)cc4)c(C([2H])([2H])[2H])cn3)[c-]ccc12.[Ir]. The van der Waals surface area contributed by atoms with Gasteiger partial charge in [0.2, 0.25) is 5.71 Å². The Morgan fingerprint density at radius 3 is 2.26 bits per heavy atom. The van der Waals surface area contributed by atoms with E-state index in [-0.39, 0.29) is 53.9 Å². The molecular formula is C45H45IrN3O-2. The molecule has 4 nitrogen and oxygen atoms in total. The summed E-state index contributed by atoms with van der Waals surface area (Å²) in [6, 6.07) is 31.4. The summed E-state index contributed by atoms with van der Waals surface area (Å²) in [7, 11) is 0. The molecule has 50 heavy (non-hydrogen) atoms. The molecule has 0 aliphatic heterocycles. The van der Waals surface area contributed by atoms with Crippen molar-refractivity contribution in [3.8, 4) is 22.5 Å². The van der Waals surface area contributed by atoms with Crippen LogP contribution in [0.4, 0.5) is 0 Å². The molecule has 0 atom stereocenters.